The number of rotatable bonds is 5. The summed E-state index contributed by atoms with van der Waals surface area (Å²) in [5, 5.41) is 0. The van der Waals surface area contributed by atoms with Crippen molar-refractivity contribution in [1.29, 1.82) is 0 Å². The first-order valence-electron chi connectivity index (χ1n) is 6.03. The van der Waals surface area contributed by atoms with Crippen LogP contribution in [0.15, 0.2) is 12.5 Å². The largest absolute Gasteiger partial charge is 0.464 e. The SMILES string of the molecule is CCOC(=O)[C@H](CC(C)C)n1cnc(C(F)(F)F)c1. The van der Waals surface area contributed by atoms with Gasteiger partial charge < -0.3 is 9.30 Å². The Bertz CT molecular complexity index is 427. The van der Waals surface area contributed by atoms with Crippen molar-refractivity contribution >= 4 is 5.97 Å². The molecule has 1 atom stereocenters. The lowest BCUT2D eigenvalue weighted by Gasteiger charge is -2.18. The zero-order chi connectivity index (χ0) is 14.6. The molecule has 0 aliphatic rings. The van der Waals surface area contributed by atoms with Crippen LogP contribution in [0.5, 0.6) is 0 Å². The fraction of sp³-hybridized carbons (Fsp3) is 0.667. The molecule has 0 spiro atoms. The second-order valence-electron chi connectivity index (χ2n) is 4.60. The predicted molar refractivity (Wildman–Crippen MR) is 62.4 cm³/mol. The van der Waals surface area contributed by atoms with Gasteiger partial charge in [0, 0.05) is 6.20 Å². The van der Waals surface area contributed by atoms with Crippen LogP contribution in [0.25, 0.3) is 0 Å². The van der Waals surface area contributed by atoms with E-state index in [0.29, 0.717) is 6.42 Å². The summed E-state index contributed by atoms with van der Waals surface area (Å²) in [5.41, 5.74) is -1.01. The van der Waals surface area contributed by atoms with Crippen molar-refractivity contribution in [3.63, 3.8) is 0 Å². The van der Waals surface area contributed by atoms with Gasteiger partial charge in [-0.05, 0) is 19.3 Å². The van der Waals surface area contributed by atoms with Crippen molar-refractivity contribution < 1.29 is 22.7 Å². The molecule has 7 heteroatoms. The molecule has 0 radical (unpaired) electrons. The smallest absolute Gasteiger partial charge is 0.434 e. The molecule has 1 heterocycles. The number of carbonyl (C=O) groups is 1. The normalized spacial score (nSPS) is 13.6. The first-order valence-corrected chi connectivity index (χ1v) is 6.03. The minimum Gasteiger partial charge on any atom is -0.464 e. The number of hydrogen-bond acceptors (Lipinski definition) is 3. The number of ether oxygens (including phenoxy) is 1. The highest BCUT2D eigenvalue weighted by atomic mass is 19.4. The zero-order valence-corrected chi connectivity index (χ0v) is 11.1. The quantitative estimate of drug-likeness (QED) is 0.777. The molecular formula is C12H17F3N2O2. The monoisotopic (exact) mass is 278 g/mol. The summed E-state index contributed by atoms with van der Waals surface area (Å²) in [6.07, 6.45) is -2.26. The molecule has 1 aromatic heterocycles. The Morgan fingerprint density at radius 1 is 1.47 bits per heavy atom. The van der Waals surface area contributed by atoms with E-state index in [1.807, 2.05) is 13.8 Å². The van der Waals surface area contributed by atoms with Gasteiger partial charge in [-0.15, -0.1) is 0 Å². The van der Waals surface area contributed by atoms with Crippen LogP contribution in [0.3, 0.4) is 0 Å². The van der Waals surface area contributed by atoms with Crippen molar-refractivity contribution in [2.75, 3.05) is 6.61 Å². The Morgan fingerprint density at radius 3 is 2.53 bits per heavy atom. The van der Waals surface area contributed by atoms with E-state index in [9.17, 15) is 18.0 Å². The van der Waals surface area contributed by atoms with Crippen LogP contribution < -0.4 is 0 Å². The number of imidazole rings is 1. The number of nitrogens with zero attached hydrogens (tertiary/aromatic N) is 2. The van der Waals surface area contributed by atoms with E-state index in [4.69, 9.17) is 4.74 Å². The van der Waals surface area contributed by atoms with Gasteiger partial charge in [-0.25, -0.2) is 9.78 Å². The second kappa shape index (κ2) is 6.08. The van der Waals surface area contributed by atoms with Gasteiger partial charge >= 0.3 is 12.1 Å². The number of alkyl halides is 3. The Morgan fingerprint density at radius 2 is 2.11 bits per heavy atom. The van der Waals surface area contributed by atoms with E-state index in [2.05, 4.69) is 4.98 Å². The van der Waals surface area contributed by atoms with Crippen LogP contribution in [-0.4, -0.2) is 22.1 Å². The number of esters is 1. The lowest BCUT2D eigenvalue weighted by atomic mass is 10.0. The summed E-state index contributed by atoms with van der Waals surface area (Å²) in [6.45, 7) is 5.61. The number of hydrogen-bond donors (Lipinski definition) is 0. The van der Waals surface area contributed by atoms with E-state index in [1.165, 1.54) is 4.57 Å². The van der Waals surface area contributed by atoms with Crippen molar-refractivity contribution in [2.45, 2.75) is 39.4 Å². The van der Waals surface area contributed by atoms with Crippen LogP contribution in [0, 0.1) is 5.92 Å². The molecule has 0 aliphatic heterocycles. The van der Waals surface area contributed by atoms with Gasteiger partial charge in [0.15, 0.2) is 5.69 Å². The maximum absolute atomic E-state index is 12.5. The van der Waals surface area contributed by atoms with Gasteiger partial charge in [0.05, 0.1) is 12.9 Å². The molecule has 0 bridgehead atoms. The molecule has 0 unspecified atom stereocenters. The summed E-state index contributed by atoms with van der Waals surface area (Å²) < 4.78 is 43.5. The third-order valence-electron chi connectivity index (χ3n) is 2.51. The van der Waals surface area contributed by atoms with Gasteiger partial charge in [-0.3, -0.25) is 0 Å². The number of halogens is 3. The fourth-order valence-electron chi connectivity index (χ4n) is 1.68. The molecule has 0 aromatic carbocycles. The van der Waals surface area contributed by atoms with Crippen LogP contribution in [0.2, 0.25) is 0 Å². The number of aromatic nitrogens is 2. The molecule has 0 fully saturated rings. The number of carbonyl (C=O) groups excluding carboxylic acids is 1. The molecule has 0 N–H and O–H groups in total. The first kappa shape index (κ1) is 15.5. The standard InChI is InChI=1S/C12H17F3N2O2/c1-4-19-11(18)9(5-8(2)3)17-6-10(16-7-17)12(13,14)15/h6-9H,4-5H2,1-3H3/t9-/m0/s1. The molecule has 1 aromatic rings. The lowest BCUT2D eigenvalue weighted by Crippen LogP contribution is -2.22. The van der Waals surface area contributed by atoms with Gasteiger partial charge in [0.1, 0.15) is 6.04 Å². The summed E-state index contributed by atoms with van der Waals surface area (Å²) in [5.74, 6) is -0.395. The first-order chi connectivity index (χ1) is 8.75. The summed E-state index contributed by atoms with van der Waals surface area (Å²) in [7, 11) is 0. The highest BCUT2D eigenvalue weighted by Crippen LogP contribution is 2.29. The summed E-state index contributed by atoms with van der Waals surface area (Å²) >= 11 is 0. The zero-order valence-electron chi connectivity index (χ0n) is 11.1. The highest BCUT2D eigenvalue weighted by Gasteiger charge is 2.35. The van der Waals surface area contributed by atoms with E-state index in [-0.39, 0.29) is 12.5 Å². The maximum Gasteiger partial charge on any atom is 0.434 e. The highest BCUT2D eigenvalue weighted by molar-refractivity contribution is 5.74. The van der Waals surface area contributed by atoms with Crippen LogP contribution in [0.1, 0.15) is 38.9 Å². The van der Waals surface area contributed by atoms with Gasteiger partial charge in [-0.1, -0.05) is 13.8 Å². The Labute approximate surface area is 109 Å². The Balaban J connectivity index is 2.97. The van der Waals surface area contributed by atoms with Crippen molar-refractivity contribution in [1.82, 2.24) is 9.55 Å². The van der Waals surface area contributed by atoms with Crippen molar-refractivity contribution in [2.24, 2.45) is 5.92 Å². The summed E-state index contributed by atoms with van der Waals surface area (Å²) in [4.78, 5) is 15.1. The lowest BCUT2D eigenvalue weighted by molar-refractivity contribution is -0.148. The fourth-order valence-corrected chi connectivity index (χ4v) is 1.68. The molecule has 0 saturated carbocycles. The van der Waals surface area contributed by atoms with E-state index in [1.54, 1.807) is 6.92 Å². The average molecular weight is 278 g/mol. The molecule has 19 heavy (non-hydrogen) atoms. The van der Waals surface area contributed by atoms with Gasteiger partial charge in [0.2, 0.25) is 0 Å². The predicted octanol–water partition coefficient (Wildman–Crippen LogP) is 3.05. The van der Waals surface area contributed by atoms with E-state index in [0.717, 1.165) is 12.5 Å². The van der Waals surface area contributed by atoms with E-state index < -0.39 is 23.9 Å². The van der Waals surface area contributed by atoms with Crippen molar-refractivity contribution in [3.8, 4) is 0 Å². The molecule has 0 saturated heterocycles. The molecule has 108 valence electrons. The molecule has 1 rings (SSSR count). The third-order valence-corrected chi connectivity index (χ3v) is 2.51. The minimum absolute atomic E-state index is 0.145. The van der Waals surface area contributed by atoms with Gasteiger partial charge in [-0.2, -0.15) is 13.2 Å². The third kappa shape index (κ3) is 4.25. The molecular weight excluding hydrogens is 261 g/mol. The molecule has 0 amide bonds. The van der Waals surface area contributed by atoms with Crippen LogP contribution >= 0.6 is 0 Å². The second-order valence-corrected chi connectivity index (χ2v) is 4.60. The average Bonchev–Trinajstić information content (AvgIpc) is 2.74. The van der Waals surface area contributed by atoms with Gasteiger partial charge in [0.25, 0.3) is 0 Å². The molecule has 0 aliphatic carbocycles. The van der Waals surface area contributed by atoms with Crippen LogP contribution in [0.4, 0.5) is 13.2 Å². The van der Waals surface area contributed by atoms with Crippen LogP contribution in [-0.2, 0) is 15.7 Å². The summed E-state index contributed by atoms with van der Waals surface area (Å²) in [6, 6.07) is -0.774. The van der Waals surface area contributed by atoms with Crippen molar-refractivity contribution in [3.05, 3.63) is 18.2 Å². The Hall–Kier alpha value is -1.53. The molecule has 4 nitrogen and oxygen atoms in total. The Kier molecular flexibility index (Phi) is 4.97. The topological polar surface area (TPSA) is 44.1 Å². The van der Waals surface area contributed by atoms with E-state index >= 15 is 0 Å². The minimum atomic E-state index is -4.51. The maximum atomic E-state index is 12.5.